The second kappa shape index (κ2) is 8.39. The van der Waals surface area contributed by atoms with E-state index in [-0.39, 0.29) is 17.7 Å². The van der Waals surface area contributed by atoms with Crippen molar-refractivity contribution >= 4 is 17.7 Å². The third-order valence-corrected chi connectivity index (χ3v) is 4.47. The van der Waals surface area contributed by atoms with E-state index in [4.69, 9.17) is 0 Å². The SMILES string of the molecule is C[C@H](NC(=O)CSc1ncc(-c2ccccc2)nn1)c1ccccc1. The van der Waals surface area contributed by atoms with Crippen LogP contribution in [0.2, 0.25) is 0 Å². The Balaban J connectivity index is 1.52. The van der Waals surface area contributed by atoms with E-state index in [0.717, 1.165) is 11.1 Å². The number of nitrogens with zero attached hydrogens (tertiary/aromatic N) is 3. The van der Waals surface area contributed by atoms with Crippen LogP contribution in [0.15, 0.2) is 72.0 Å². The molecule has 0 unspecified atom stereocenters. The molecule has 0 fully saturated rings. The summed E-state index contributed by atoms with van der Waals surface area (Å²) < 4.78 is 0. The maximum Gasteiger partial charge on any atom is 0.230 e. The van der Waals surface area contributed by atoms with Gasteiger partial charge in [0.05, 0.1) is 18.0 Å². The van der Waals surface area contributed by atoms with Gasteiger partial charge in [0.1, 0.15) is 5.69 Å². The molecule has 0 radical (unpaired) electrons. The number of rotatable bonds is 6. The molecule has 3 aromatic rings. The Labute approximate surface area is 150 Å². The lowest BCUT2D eigenvalue weighted by atomic mass is 10.1. The van der Waals surface area contributed by atoms with Crippen molar-refractivity contribution < 1.29 is 4.79 Å². The van der Waals surface area contributed by atoms with Crippen LogP contribution in [0.1, 0.15) is 18.5 Å². The van der Waals surface area contributed by atoms with Crippen molar-refractivity contribution in [1.29, 1.82) is 0 Å². The molecule has 0 aliphatic heterocycles. The number of aromatic nitrogens is 3. The second-order valence-corrected chi connectivity index (χ2v) is 6.42. The topological polar surface area (TPSA) is 67.8 Å². The summed E-state index contributed by atoms with van der Waals surface area (Å²) >= 11 is 1.27. The lowest BCUT2D eigenvalue weighted by Gasteiger charge is -2.13. The molecule has 25 heavy (non-hydrogen) atoms. The number of thioether (sulfide) groups is 1. The van der Waals surface area contributed by atoms with Crippen LogP contribution in [0.25, 0.3) is 11.3 Å². The summed E-state index contributed by atoms with van der Waals surface area (Å²) in [5.74, 6) is 0.195. The Morgan fingerprint density at radius 1 is 1.04 bits per heavy atom. The minimum Gasteiger partial charge on any atom is -0.349 e. The van der Waals surface area contributed by atoms with Gasteiger partial charge in [-0.15, -0.1) is 10.2 Å². The average Bonchev–Trinajstić information content (AvgIpc) is 2.68. The van der Waals surface area contributed by atoms with E-state index in [0.29, 0.717) is 10.9 Å². The fourth-order valence-electron chi connectivity index (χ4n) is 2.31. The average molecular weight is 350 g/mol. The number of carbonyl (C=O) groups excluding carboxylic acids is 1. The Hall–Kier alpha value is -2.73. The van der Waals surface area contributed by atoms with Crippen molar-refractivity contribution in [3.8, 4) is 11.3 Å². The molecule has 5 nitrogen and oxygen atoms in total. The minimum absolute atomic E-state index is 0.0335. The highest BCUT2D eigenvalue weighted by atomic mass is 32.2. The van der Waals surface area contributed by atoms with Gasteiger partial charge < -0.3 is 5.32 Å². The molecule has 0 aliphatic rings. The molecule has 0 saturated heterocycles. The van der Waals surface area contributed by atoms with Crippen LogP contribution < -0.4 is 5.32 Å². The fraction of sp³-hybridized carbons (Fsp3) is 0.158. The van der Waals surface area contributed by atoms with Gasteiger partial charge in [-0.05, 0) is 12.5 Å². The Kier molecular flexibility index (Phi) is 5.74. The second-order valence-electron chi connectivity index (χ2n) is 5.48. The third kappa shape index (κ3) is 4.87. The van der Waals surface area contributed by atoms with Crippen molar-refractivity contribution in [3.05, 3.63) is 72.4 Å². The van der Waals surface area contributed by atoms with Crippen molar-refractivity contribution in [1.82, 2.24) is 20.5 Å². The van der Waals surface area contributed by atoms with E-state index in [2.05, 4.69) is 20.5 Å². The molecule has 0 bridgehead atoms. The lowest BCUT2D eigenvalue weighted by Crippen LogP contribution is -2.28. The first-order chi connectivity index (χ1) is 12.2. The first kappa shape index (κ1) is 17.1. The van der Waals surface area contributed by atoms with E-state index in [1.165, 1.54) is 11.8 Å². The predicted octanol–water partition coefficient (Wildman–Crippen LogP) is 3.51. The van der Waals surface area contributed by atoms with E-state index >= 15 is 0 Å². The predicted molar refractivity (Wildman–Crippen MR) is 99.0 cm³/mol. The van der Waals surface area contributed by atoms with Crippen LogP contribution >= 0.6 is 11.8 Å². The number of hydrogen-bond donors (Lipinski definition) is 1. The summed E-state index contributed by atoms with van der Waals surface area (Å²) in [5, 5.41) is 11.7. The van der Waals surface area contributed by atoms with Gasteiger partial charge in [0, 0.05) is 5.56 Å². The van der Waals surface area contributed by atoms with Gasteiger partial charge in [-0.25, -0.2) is 4.98 Å². The molecule has 1 amide bonds. The smallest absolute Gasteiger partial charge is 0.230 e. The quantitative estimate of drug-likeness (QED) is 0.689. The van der Waals surface area contributed by atoms with Gasteiger partial charge in [0.25, 0.3) is 0 Å². The zero-order chi connectivity index (χ0) is 17.5. The standard InChI is InChI=1S/C19H18N4OS/c1-14(15-8-4-2-5-9-15)21-18(24)13-25-19-20-12-17(22-23-19)16-10-6-3-7-11-16/h2-12,14H,13H2,1H3,(H,21,24)/t14-/m0/s1. The summed E-state index contributed by atoms with van der Waals surface area (Å²) in [6.07, 6.45) is 1.68. The molecule has 1 heterocycles. The number of hydrogen-bond acceptors (Lipinski definition) is 5. The molecule has 1 aromatic heterocycles. The summed E-state index contributed by atoms with van der Waals surface area (Å²) in [6.45, 7) is 1.96. The van der Waals surface area contributed by atoms with Crippen LogP contribution in [0.3, 0.4) is 0 Å². The molecule has 1 atom stereocenters. The first-order valence-electron chi connectivity index (χ1n) is 7.94. The Morgan fingerprint density at radius 2 is 1.72 bits per heavy atom. The van der Waals surface area contributed by atoms with Crippen LogP contribution in [-0.4, -0.2) is 26.8 Å². The molecular weight excluding hydrogens is 332 g/mol. The normalized spacial score (nSPS) is 11.7. The summed E-state index contributed by atoms with van der Waals surface area (Å²) in [5.41, 5.74) is 2.76. The fourth-order valence-corrected chi connectivity index (χ4v) is 2.88. The van der Waals surface area contributed by atoms with Gasteiger partial charge in [0.2, 0.25) is 11.1 Å². The van der Waals surface area contributed by atoms with E-state index in [9.17, 15) is 4.79 Å². The molecule has 0 spiro atoms. The molecule has 2 aromatic carbocycles. The largest absolute Gasteiger partial charge is 0.349 e. The molecule has 6 heteroatoms. The molecule has 3 rings (SSSR count). The van der Waals surface area contributed by atoms with Crippen molar-refractivity contribution in [2.75, 3.05) is 5.75 Å². The summed E-state index contributed by atoms with van der Waals surface area (Å²) in [7, 11) is 0. The monoisotopic (exact) mass is 350 g/mol. The maximum atomic E-state index is 12.1. The zero-order valence-electron chi connectivity index (χ0n) is 13.8. The van der Waals surface area contributed by atoms with Crippen molar-refractivity contribution in [2.24, 2.45) is 0 Å². The van der Waals surface area contributed by atoms with Crippen molar-refractivity contribution in [3.63, 3.8) is 0 Å². The van der Waals surface area contributed by atoms with Crippen LogP contribution in [0, 0.1) is 0 Å². The Morgan fingerprint density at radius 3 is 2.36 bits per heavy atom. The van der Waals surface area contributed by atoms with E-state index in [1.54, 1.807) is 6.20 Å². The maximum absolute atomic E-state index is 12.1. The number of carbonyl (C=O) groups is 1. The Bertz CT molecular complexity index is 810. The van der Waals surface area contributed by atoms with Gasteiger partial charge in [-0.1, -0.05) is 72.4 Å². The highest BCUT2D eigenvalue weighted by molar-refractivity contribution is 7.99. The molecule has 0 aliphatic carbocycles. The summed E-state index contributed by atoms with van der Waals surface area (Å²) in [6, 6.07) is 19.6. The van der Waals surface area contributed by atoms with Gasteiger partial charge in [-0.3, -0.25) is 4.79 Å². The molecule has 1 N–H and O–H groups in total. The molecule has 0 saturated carbocycles. The van der Waals surface area contributed by atoms with Crippen molar-refractivity contribution in [2.45, 2.75) is 18.1 Å². The summed E-state index contributed by atoms with van der Waals surface area (Å²) in [4.78, 5) is 16.4. The number of amides is 1. The lowest BCUT2D eigenvalue weighted by molar-refractivity contribution is -0.119. The third-order valence-electron chi connectivity index (χ3n) is 3.62. The van der Waals surface area contributed by atoms with Gasteiger partial charge in [-0.2, -0.15) is 0 Å². The highest BCUT2D eigenvalue weighted by Gasteiger charge is 2.11. The van der Waals surface area contributed by atoms with Gasteiger partial charge in [0.15, 0.2) is 0 Å². The molecular formula is C19H18N4OS. The van der Waals surface area contributed by atoms with Gasteiger partial charge >= 0.3 is 0 Å². The zero-order valence-corrected chi connectivity index (χ0v) is 14.6. The number of nitrogens with one attached hydrogen (secondary N) is 1. The minimum atomic E-state index is -0.0583. The molecule has 126 valence electrons. The van der Waals surface area contributed by atoms with Crippen LogP contribution in [0.5, 0.6) is 0 Å². The van der Waals surface area contributed by atoms with E-state index < -0.39 is 0 Å². The number of benzene rings is 2. The van der Waals surface area contributed by atoms with Crippen LogP contribution in [0.4, 0.5) is 0 Å². The first-order valence-corrected chi connectivity index (χ1v) is 8.93. The van der Waals surface area contributed by atoms with Crippen LogP contribution in [-0.2, 0) is 4.79 Å². The van der Waals surface area contributed by atoms with E-state index in [1.807, 2.05) is 67.6 Å². The highest BCUT2D eigenvalue weighted by Crippen LogP contribution is 2.17.